The van der Waals surface area contributed by atoms with Gasteiger partial charge in [-0.15, -0.1) is 0 Å². The first kappa shape index (κ1) is 18.6. The number of aryl methyl sites for hydroxylation is 1. The normalized spacial score (nSPS) is 19.8. The van der Waals surface area contributed by atoms with Crippen LogP contribution in [0.2, 0.25) is 0 Å². The van der Waals surface area contributed by atoms with Gasteiger partial charge in [-0.1, -0.05) is 11.8 Å². The highest BCUT2D eigenvalue weighted by Crippen LogP contribution is 2.38. The van der Waals surface area contributed by atoms with Gasteiger partial charge in [0.1, 0.15) is 0 Å². The Morgan fingerprint density at radius 2 is 2.10 bits per heavy atom. The van der Waals surface area contributed by atoms with Crippen LogP contribution in [0.3, 0.4) is 0 Å². The third-order valence-corrected chi connectivity index (χ3v) is 6.92. The van der Waals surface area contributed by atoms with Crippen LogP contribution in [-0.2, 0) is 24.2 Å². The Labute approximate surface area is 171 Å². The number of aromatic nitrogens is 4. The lowest BCUT2D eigenvalue weighted by Crippen LogP contribution is -2.35. The van der Waals surface area contributed by atoms with Crippen LogP contribution >= 0.6 is 11.8 Å². The van der Waals surface area contributed by atoms with Gasteiger partial charge in [0.15, 0.2) is 5.16 Å². The zero-order valence-electron chi connectivity index (χ0n) is 16.1. The lowest BCUT2D eigenvalue weighted by atomic mass is 10.2. The SMILES string of the molecule is O=C(CC1CSc2nc3c(c(=O)n21)CCC3)NCCn1nc(C2CC2)ccc1=O. The molecule has 1 saturated carbocycles. The summed E-state index contributed by atoms with van der Waals surface area (Å²) >= 11 is 1.55. The standard InChI is InChI=1S/C20H23N5O3S/c26-17(21-8-9-24-18(27)7-6-15(23-24)12-4-5-12)10-13-11-29-20-22-16-3-1-2-14(16)19(28)25(13)20/h6-7,12-13H,1-5,8-11H2,(H,21,26). The van der Waals surface area contributed by atoms with E-state index in [-0.39, 0.29) is 29.5 Å². The Bertz CT molecular complexity index is 1090. The van der Waals surface area contributed by atoms with Crippen LogP contribution in [0.15, 0.2) is 26.9 Å². The molecule has 0 spiro atoms. The maximum Gasteiger partial charge on any atom is 0.266 e. The minimum atomic E-state index is -0.167. The molecule has 0 aromatic carbocycles. The molecular weight excluding hydrogens is 390 g/mol. The summed E-state index contributed by atoms with van der Waals surface area (Å²) in [5.41, 5.74) is 2.58. The van der Waals surface area contributed by atoms with Crippen LogP contribution < -0.4 is 16.4 Å². The van der Waals surface area contributed by atoms with E-state index in [1.807, 2.05) is 0 Å². The van der Waals surface area contributed by atoms with E-state index >= 15 is 0 Å². The van der Waals surface area contributed by atoms with Crippen molar-refractivity contribution in [1.82, 2.24) is 24.6 Å². The van der Waals surface area contributed by atoms with Gasteiger partial charge < -0.3 is 5.32 Å². The van der Waals surface area contributed by atoms with Gasteiger partial charge in [0.2, 0.25) is 5.91 Å². The molecule has 152 valence electrons. The van der Waals surface area contributed by atoms with E-state index in [1.165, 1.54) is 4.68 Å². The van der Waals surface area contributed by atoms with Crippen LogP contribution in [0, 0.1) is 0 Å². The number of hydrogen-bond acceptors (Lipinski definition) is 6. The molecule has 1 atom stereocenters. The van der Waals surface area contributed by atoms with E-state index < -0.39 is 0 Å². The van der Waals surface area contributed by atoms with Crippen LogP contribution in [0.1, 0.15) is 54.6 Å². The van der Waals surface area contributed by atoms with E-state index in [9.17, 15) is 14.4 Å². The van der Waals surface area contributed by atoms with E-state index in [4.69, 9.17) is 0 Å². The lowest BCUT2D eigenvalue weighted by Gasteiger charge is -2.14. The smallest absolute Gasteiger partial charge is 0.266 e. The molecule has 8 nitrogen and oxygen atoms in total. The summed E-state index contributed by atoms with van der Waals surface area (Å²) in [6, 6.07) is 3.18. The van der Waals surface area contributed by atoms with Crippen molar-refractivity contribution >= 4 is 17.7 Å². The van der Waals surface area contributed by atoms with Crippen molar-refractivity contribution in [3.63, 3.8) is 0 Å². The number of rotatable bonds is 6. The van der Waals surface area contributed by atoms with Gasteiger partial charge in [0, 0.05) is 36.3 Å². The molecule has 1 fully saturated rings. The second-order valence-corrected chi connectivity index (χ2v) is 8.95. The van der Waals surface area contributed by atoms with Gasteiger partial charge in [-0.05, 0) is 38.2 Å². The first-order valence-electron chi connectivity index (χ1n) is 10.2. The molecule has 2 aliphatic carbocycles. The van der Waals surface area contributed by atoms with E-state index in [2.05, 4.69) is 15.4 Å². The third-order valence-electron chi connectivity index (χ3n) is 5.82. The second-order valence-electron chi connectivity index (χ2n) is 7.96. The molecule has 1 aliphatic heterocycles. The van der Waals surface area contributed by atoms with Crippen LogP contribution in [0.5, 0.6) is 0 Å². The maximum atomic E-state index is 12.8. The highest BCUT2D eigenvalue weighted by atomic mass is 32.2. The average Bonchev–Trinajstić information content (AvgIpc) is 3.31. The first-order chi connectivity index (χ1) is 14.1. The molecule has 0 bridgehead atoms. The Morgan fingerprint density at radius 3 is 2.93 bits per heavy atom. The maximum absolute atomic E-state index is 12.8. The van der Waals surface area contributed by atoms with Crippen molar-refractivity contribution in [3.05, 3.63) is 49.8 Å². The van der Waals surface area contributed by atoms with E-state index in [0.717, 1.165) is 54.2 Å². The number of thioether (sulfide) groups is 1. The molecule has 29 heavy (non-hydrogen) atoms. The van der Waals surface area contributed by atoms with E-state index in [1.54, 1.807) is 28.5 Å². The first-order valence-corrected chi connectivity index (χ1v) is 11.2. The molecule has 9 heteroatoms. The molecule has 2 aromatic heterocycles. The molecule has 0 saturated heterocycles. The quantitative estimate of drug-likeness (QED) is 0.710. The summed E-state index contributed by atoms with van der Waals surface area (Å²) in [5.74, 6) is 1.04. The molecular formula is C20H23N5O3S. The largest absolute Gasteiger partial charge is 0.354 e. The third kappa shape index (κ3) is 3.63. The molecule has 0 radical (unpaired) electrons. The number of nitrogens with one attached hydrogen (secondary N) is 1. The van der Waals surface area contributed by atoms with Crippen molar-refractivity contribution in [1.29, 1.82) is 0 Å². The van der Waals surface area contributed by atoms with Gasteiger partial charge in [-0.25, -0.2) is 9.67 Å². The minimum absolute atomic E-state index is 0.0259. The molecule has 1 unspecified atom stereocenters. The highest BCUT2D eigenvalue weighted by Gasteiger charge is 2.31. The van der Waals surface area contributed by atoms with Gasteiger partial charge in [0.25, 0.3) is 11.1 Å². The minimum Gasteiger partial charge on any atom is -0.354 e. The fourth-order valence-electron chi connectivity index (χ4n) is 4.11. The van der Waals surface area contributed by atoms with Crippen molar-refractivity contribution in [3.8, 4) is 0 Å². The summed E-state index contributed by atoms with van der Waals surface area (Å²) < 4.78 is 3.13. The summed E-state index contributed by atoms with van der Waals surface area (Å²) in [6.07, 6.45) is 5.13. The zero-order chi connectivity index (χ0) is 20.0. The summed E-state index contributed by atoms with van der Waals surface area (Å²) in [7, 11) is 0. The summed E-state index contributed by atoms with van der Waals surface area (Å²) in [5, 5.41) is 8.01. The number of hydrogen-bond donors (Lipinski definition) is 1. The fourth-order valence-corrected chi connectivity index (χ4v) is 5.27. The molecule has 1 amide bonds. The predicted molar refractivity (Wildman–Crippen MR) is 108 cm³/mol. The van der Waals surface area contributed by atoms with Crippen molar-refractivity contribution in [2.75, 3.05) is 12.3 Å². The van der Waals surface area contributed by atoms with Crippen LogP contribution in [-0.4, -0.2) is 37.5 Å². The Hall–Kier alpha value is -2.42. The second kappa shape index (κ2) is 7.44. The van der Waals surface area contributed by atoms with Gasteiger partial charge in [-0.3, -0.25) is 19.0 Å². The van der Waals surface area contributed by atoms with Crippen molar-refractivity contribution in [2.45, 2.75) is 62.2 Å². The molecule has 3 heterocycles. The van der Waals surface area contributed by atoms with Crippen LogP contribution in [0.4, 0.5) is 0 Å². The molecule has 1 N–H and O–H groups in total. The fraction of sp³-hybridized carbons (Fsp3) is 0.550. The zero-order valence-corrected chi connectivity index (χ0v) is 16.9. The number of carbonyl (C=O) groups is 1. The molecule has 3 aliphatic rings. The molecule has 5 rings (SSSR count). The number of carbonyl (C=O) groups excluding carboxylic acids is 1. The average molecular weight is 414 g/mol. The lowest BCUT2D eigenvalue weighted by molar-refractivity contribution is -0.121. The highest BCUT2D eigenvalue weighted by molar-refractivity contribution is 7.99. The van der Waals surface area contributed by atoms with E-state index in [0.29, 0.717) is 24.8 Å². The Kier molecular flexibility index (Phi) is 4.77. The van der Waals surface area contributed by atoms with Gasteiger partial charge in [-0.2, -0.15) is 5.10 Å². The van der Waals surface area contributed by atoms with Crippen molar-refractivity contribution in [2.24, 2.45) is 0 Å². The van der Waals surface area contributed by atoms with Crippen molar-refractivity contribution < 1.29 is 4.79 Å². The Morgan fingerprint density at radius 1 is 1.24 bits per heavy atom. The van der Waals surface area contributed by atoms with Gasteiger partial charge >= 0.3 is 0 Å². The number of fused-ring (bicyclic) bond motifs is 2. The number of amides is 1. The topological polar surface area (TPSA) is 98.9 Å². The monoisotopic (exact) mass is 413 g/mol. The van der Waals surface area contributed by atoms with Crippen LogP contribution in [0.25, 0.3) is 0 Å². The summed E-state index contributed by atoms with van der Waals surface area (Å²) in [6.45, 7) is 0.681. The number of nitrogens with zero attached hydrogens (tertiary/aromatic N) is 4. The van der Waals surface area contributed by atoms with Gasteiger partial charge in [0.05, 0.1) is 24.0 Å². The molecule has 2 aromatic rings. The predicted octanol–water partition coefficient (Wildman–Crippen LogP) is 1.02. The Balaban J connectivity index is 1.21. The summed E-state index contributed by atoms with van der Waals surface area (Å²) in [4.78, 5) is 41.9.